The highest BCUT2D eigenvalue weighted by atomic mass is 35.5. The predicted octanol–water partition coefficient (Wildman–Crippen LogP) is 3.56. The van der Waals surface area contributed by atoms with Crippen LogP contribution in [0.2, 0.25) is 5.02 Å². The number of ether oxygens (including phenoxy) is 1. The van der Waals surface area contributed by atoms with Gasteiger partial charge in [-0.3, -0.25) is 9.69 Å². The van der Waals surface area contributed by atoms with Crippen molar-refractivity contribution < 1.29 is 19.7 Å². The van der Waals surface area contributed by atoms with Gasteiger partial charge in [-0.1, -0.05) is 11.6 Å². The molecule has 0 unspecified atom stereocenters. The number of aromatic nitrogens is 1. The zero-order valence-electron chi connectivity index (χ0n) is 20.1. The molecule has 3 fully saturated rings. The number of amides is 1. The van der Waals surface area contributed by atoms with E-state index in [1.165, 1.54) is 0 Å². The number of halogens is 1. The van der Waals surface area contributed by atoms with Crippen LogP contribution in [-0.2, 0) is 9.53 Å². The molecule has 5 rings (SSSR count). The number of carbonyl (C=O) groups is 1. The van der Waals surface area contributed by atoms with Gasteiger partial charge in [0.15, 0.2) is 0 Å². The number of hydrogen-bond acceptors (Lipinski definition) is 6. The maximum Gasteiger partial charge on any atom is 0.229 e. The Labute approximate surface area is 205 Å². The molecule has 1 aromatic carbocycles. The normalized spacial score (nSPS) is 30.6. The van der Waals surface area contributed by atoms with E-state index in [2.05, 4.69) is 28.2 Å². The molecule has 2 aromatic rings. The molecule has 2 aliphatic heterocycles. The van der Waals surface area contributed by atoms with Crippen molar-refractivity contribution in [3.63, 3.8) is 0 Å². The summed E-state index contributed by atoms with van der Waals surface area (Å²) in [5, 5.41) is 26.1. The van der Waals surface area contributed by atoms with Gasteiger partial charge < -0.3 is 20.3 Å². The lowest BCUT2D eigenvalue weighted by Crippen LogP contribution is -2.56. The summed E-state index contributed by atoms with van der Waals surface area (Å²) in [5.74, 6) is 0.580. The topological polar surface area (TPSA) is 94.9 Å². The van der Waals surface area contributed by atoms with Crippen LogP contribution in [0.5, 0.6) is 0 Å². The number of fused-ring (bicyclic) bond motifs is 1. The molecule has 3 N–H and O–H groups in total. The maximum absolute atomic E-state index is 12.6. The third kappa shape index (κ3) is 4.44. The molecule has 7 nitrogen and oxygen atoms in total. The van der Waals surface area contributed by atoms with Crippen molar-refractivity contribution >= 4 is 34.1 Å². The molecule has 1 aliphatic carbocycles. The second kappa shape index (κ2) is 8.71. The molecule has 4 atom stereocenters. The van der Waals surface area contributed by atoms with Crippen molar-refractivity contribution in [1.29, 1.82) is 0 Å². The van der Waals surface area contributed by atoms with Gasteiger partial charge in [-0.15, -0.1) is 0 Å². The van der Waals surface area contributed by atoms with Gasteiger partial charge in [-0.05, 0) is 94.1 Å². The quantitative estimate of drug-likeness (QED) is 0.597. The van der Waals surface area contributed by atoms with Gasteiger partial charge in [0.1, 0.15) is 5.82 Å². The highest BCUT2D eigenvalue weighted by Crippen LogP contribution is 2.47. The molecular formula is C26H34ClN3O4. The van der Waals surface area contributed by atoms with Gasteiger partial charge in [0.05, 0.1) is 30.5 Å². The van der Waals surface area contributed by atoms with Crippen LogP contribution in [0.4, 0.5) is 5.82 Å². The molecule has 1 aromatic heterocycles. The molecule has 1 saturated carbocycles. The van der Waals surface area contributed by atoms with Crippen LogP contribution in [0.15, 0.2) is 24.4 Å². The highest BCUT2D eigenvalue weighted by molar-refractivity contribution is 6.32. The largest absolute Gasteiger partial charge is 0.390 e. The number of hydrogen-bond donors (Lipinski definition) is 3. The minimum atomic E-state index is -0.847. The lowest BCUT2D eigenvalue weighted by Gasteiger charge is -2.43. The van der Waals surface area contributed by atoms with Gasteiger partial charge in [-0.25, -0.2) is 4.98 Å². The number of likely N-dealkylation sites (tertiary alicyclic amines) is 1. The molecule has 3 heterocycles. The van der Waals surface area contributed by atoms with E-state index in [0.717, 1.165) is 47.3 Å². The number of nitrogens with one attached hydrogen (secondary N) is 1. The van der Waals surface area contributed by atoms with E-state index in [0.29, 0.717) is 31.4 Å². The van der Waals surface area contributed by atoms with Gasteiger partial charge in [0.25, 0.3) is 0 Å². The Bertz CT molecular complexity index is 1100. The molecular weight excluding hydrogens is 454 g/mol. The first-order valence-corrected chi connectivity index (χ1v) is 12.6. The molecule has 0 spiro atoms. The Hall–Kier alpha value is -1.77. The second-order valence-electron chi connectivity index (χ2n) is 11.0. The van der Waals surface area contributed by atoms with Crippen molar-refractivity contribution in [2.24, 2.45) is 11.8 Å². The van der Waals surface area contributed by atoms with Crippen LogP contribution in [0.3, 0.4) is 0 Å². The van der Waals surface area contributed by atoms with Crippen LogP contribution in [0, 0.1) is 11.8 Å². The number of carbonyl (C=O) groups excluding carboxylic acids is 1. The number of aliphatic hydroxyl groups excluding tert-OH is 1. The lowest BCUT2D eigenvalue weighted by molar-refractivity contribution is -0.118. The van der Waals surface area contributed by atoms with Gasteiger partial charge in [-0.2, -0.15) is 0 Å². The van der Waals surface area contributed by atoms with Crippen LogP contribution >= 0.6 is 11.6 Å². The summed E-state index contributed by atoms with van der Waals surface area (Å²) >= 11 is 6.69. The van der Waals surface area contributed by atoms with Crippen molar-refractivity contribution in [2.75, 3.05) is 31.6 Å². The highest BCUT2D eigenvalue weighted by Gasteiger charge is 2.51. The Kier molecular flexibility index (Phi) is 6.14. The number of aliphatic hydroxyl groups is 2. The first-order chi connectivity index (χ1) is 16.1. The first kappa shape index (κ1) is 23.9. The fourth-order valence-corrected chi connectivity index (χ4v) is 6.03. The summed E-state index contributed by atoms with van der Waals surface area (Å²) in [6, 6.07) is 5.98. The number of benzene rings is 1. The molecule has 2 saturated heterocycles. The maximum atomic E-state index is 12.6. The average molecular weight is 488 g/mol. The van der Waals surface area contributed by atoms with E-state index < -0.39 is 11.7 Å². The van der Waals surface area contributed by atoms with Crippen molar-refractivity contribution in [3.05, 3.63) is 35.0 Å². The van der Waals surface area contributed by atoms with Gasteiger partial charge >= 0.3 is 0 Å². The first-order valence-electron chi connectivity index (χ1n) is 12.2. The van der Waals surface area contributed by atoms with Crippen molar-refractivity contribution in [3.8, 4) is 0 Å². The average Bonchev–Trinajstić information content (AvgIpc) is 3.54. The van der Waals surface area contributed by atoms with E-state index in [4.69, 9.17) is 16.3 Å². The van der Waals surface area contributed by atoms with E-state index in [1.807, 2.05) is 12.1 Å². The smallest absolute Gasteiger partial charge is 0.229 e. The fraction of sp³-hybridized carbons (Fsp3) is 0.615. The summed E-state index contributed by atoms with van der Waals surface area (Å²) in [6.45, 7) is 8.32. The number of rotatable bonds is 5. The number of anilines is 1. The van der Waals surface area contributed by atoms with E-state index in [1.54, 1.807) is 20.0 Å². The van der Waals surface area contributed by atoms with E-state index >= 15 is 0 Å². The SMILES string of the molecule is CC(C)(O)[C@@H]1C[C@H]1C(=O)Nc1cc2cc(C3CCN([C@]4(C)COC[C@@H]4O)CC3)c(Cl)cc2cn1. The van der Waals surface area contributed by atoms with Crippen molar-refractivity contribution in [1.82, 2.24) is 9.88 Å². The minimum Gasteiger partial charge on any atom is -0.390 e. The van der Waals surface area contributed by atoms with E-state index in [9.17, 15) is 15.0 Å². The number of piperidine rings is 1. The van der Waals surface area contributed by atoms with E-state index in [-0.39, 0.29) is 23.3 Å². The molecule has 184 valence electrons. The molecule has 0 radical (unpaired) electrons. The second-order valence-corrected chi connectivity index (χ2v) is 11.4. The Morgan fingerprint density at radius 1 is 1.26 bits per heavy atom. The monoisotopic (exact) mass is 487 g/mol. The fourth-order valence-electron chi connectivity index (χ4n) is 5.71. The number of nitrogens with zero attached hydrogens (tertiary/aromatic N) is 2. The molecule has 1 amide bonds. The summed E-state index contributed by atoms with van der Waals surface area (Å²) < 4.78 is 5.52. The molecule has 3 aliphatic rings. The predicted molar refractivity (Wildman–Crippen MR) is 132 cm³/mol. The lowest BCUT2D eigenvalue weighted by atomic mass is 9.85. The summed E-state index contributed by atoms with van der Waals surface area (Å²) in [4.78, 5) is 19.4. The van der Waals surface area contributed by atoms with Crippen molar-refractivity contribution in [2.45, 2.75) is 63.2 Å². The summed E-state index contributed by atoms with van der Waals surface area (Å²) in [6.07, 6.45) is 3.91. The molecule has 0 bridgehead atoms. The Balaban J connectivity index is 1.29. The third-order valence-electron chi connectivity index (χ3n) is 8.17. The minimum absolute atomic E-state index is 0.0107. The zero-order chi connectivity index (χ0) is 24.3. The van der Waals surface area contributed by atoms with Crippen LogP contribution in [-0.4, -0.2) is 69.6 Å². The summed E-state index contributed by atoms with van der Waals surface area (Å²) in [7, 11) is 0. The van der Waals surface area contributed by atoms with Gasteiger partial charge in [0.2, 0.25) is 5.91 Å². The molecule has 34 heavy (non-hydrogen) atoms. The number of pyridine rings is 1. The van der Waals surface area contributed by atoms with Crippen LogP contribution in [0.1, 0.15) is 51.5 Å². The zero-order valence-corrected chi connectivity index (χ0v) is 20.8. The Morgan fingerprint density at radius 3 is 2.62 bits per heavy atom. The standard InChI is InChI=1S/C26H34ClN3O4/c1-25(2,33)20-11-19(20)24(32)29-23-10-16-8-18(21(27)9-17(16)12-28-23)15-4-6-30(7-5-15)26(3)14-34-13-22(26)31/h8-10,12,15,19-20,22,31,33H,4-7,11,13-14H2,1-3H3,(H,28,29,32)/t19-,20-,22+,26-/m1/s1. The van der Waals surface area contributed by atoms with Crippen LogP contribution in [0.25, 0.3) is 10.8 Å². The van der Waals surface area contributed by atoms with Gasteiger partial charge in [0, 0.05) is 22.5 Å². The third-order valence-corrected chi connectivity index (χ3v) is 8.50. The van der Waals surface area contributed by atoms with Crippen LogP contribution < -0.4 is 5.32 Å². The molecule has 8 heteroatoms. The Morgan fingerprint density at radius 2 is 2.00 bits per heavy atom. The summed E-state index contributed by atoms with van der Waals surface area (Å²) in [5.41, 5.74) is -0.0433.